The van der Waals surface area contributed by atoms with Crippen molar-refractivity contribution in [2.24, 2.45) is 20.5 Å². The second kappa shape index (κ2) is 25.6. The molecule has 0 N–H and O–H groups in total. The van der Waals surface area contributed by atoms with Crippen LogP contribution in [0.3, 0.4) is 0 Å². The Morgan fingerprint density at radius 3 is 1.33 bits per heavy atom. The number of aryl methyl sites for hydroxylation is 1. The monoisotopic (exact) mass is 849 g/mol. The van der Waals surface area contributed by atoms with Crippen LogP contribution in [0.15, 0.2) is 111 Å². The molecular weight excluding hydrogens is 769 g/mol. The van der Waals surface area contributed by atoms with E-state index in [0.29, 0.717) is 0 Å². The van der Waals surface area contributed by atoms with Crippen molar-refractivity contribution in [1.82, 2.24) is 0 Å². The van der Waals surface area contributed by atoms with E-state index in [1.54, 1.807) is 0 Å². The van der Waals surface area contributed by atoms with Crippen LogP contribution in [0.4, 0.5) is 34.1 Å². The molecule has 0 spiro atoms. The van der Waals surface area contributed by atoms with E-state index >= 15 is 0 Å². The molecule has 1 unspecified atom stereocenters. The number of hydrogen-bond acceptors (Lipinski definition) is 6. The maximum Gasteiger partial charge on any atom is 0.110 e. The number of anilines is 2. The van der Waals surface area contributed by atoms with Crippen LogP contribution in [0.5, 0.6) is 0 Å². The van der Waals surface area contributed by atoms with Crippen molar-refractivity contribution in [2.75, 3.05) is 22.9 Å². The van der Waals surface area contributed by atoms with Crippen LogP contribution < -0.4 is 9.80 Å². The van der Waals surface area contributed by atoms with Gasteiger partial charge in [-0.25, -0.2) is 0 Å². The van der Waals surface area contributed by atoms with Crippen LogP contribution in [-0.2, 0) is 0 Å². The van der Waals surface area contributed by atoms with Gasteiger partial charge in [0.05, 0.1) is 22.7 Å². The lowest BCUT2D eigenvalue weighted by molar-refractivity contribution is 0.341. The summed E-state index contributed by atoms with van der Waals surface area (Å²) in [5, 5.41) is 23.8. The summed E-state index contributed by atoms with van der Waals surface area (Å²) in [6.07, 6.45) is 30.4. The van der Waals surface area contributed by atoms with Gasteiger partial charge in [0.1, 0.15) is 5.66 Å². The zero-order chi connectivity index (χ0) is 44.1. The second-order valence-corrected chi connectivity index (χ2v) is 18.7. The number of benzene rings is 5. The second-order valence-electron chi connectivity index (χ2n) is 18.7. The highest BCUT2D eigenvalue weighted by Gasteiger charge is 2.42. The van der Waals surface area contributed by atoms with Gasteiger partial charge in [0.25, 0.3) is 0 Å². The van der Waals surface area contributed by atoms with Crippen molar-refractivity contribution < 1.29 is 0 Å². The third kappa shape index (κ3) is 13.2. The molecule has 6 nitrogen and oxygen atoms in total. The van der Waals surface area contributed by atoms with E-state index in [0.717, 1.165) is 46.6 Å². The molecule has 0 saturated heterocycles. The predicted molar refractivity (Wildman–Crippen MR) is 274 cm³/mol. The largest absolute Gasteiger partial charge is 0.348 e. The summed E-state index contributed by atoms with van der Waals surface area (Å²) in [6.45, 7) is 13.8. The van der Waals surface area contributed by atoms with Crippen LogP contribution in [0.1, 0.15) is 181 Å². The molecule has 5 aromatic carbocycles. The molecule has 0 saturated carbocycles. The Bertz CT molecular complexity index is 2140. The molecule has 1 aliphatic heterocycles. The predicted octanol–water partition coefficient (Wildman–Crippen LogP) is 19.5. The molecule has 0 aromatic heterocycles. The van der Waals surface area contributed by atoms with E-state index < -0.39 is 0 Å². The van der Waals surface area contributed by atoms with Crippen molar-refractivity contribution in [2.45, 2.75) is 188 Å². The molecule has 63 heavy (non-hydrogen) atoms. The maximum atomic E-state index is 5.07. The first-order chi connectivity index (χ1) is 31.0. The van der Waals surface area contributed by atoms with Crippen LogP contribution in [0.25, 0.3) is 21.5 Å². The number of fused-ring (bicyclic) bond motifs is 1. The summed E-state index contributed by atoms with van der Waals surface area (Å²) in [4.78, 5) is 5.68. The SMILES string of the molecule is CCCCCCCCCCN1c2cccc3c(N=Nc4ccc(N=Nc5ccc(C)cc5)c5ccccc45)ccc(c23)N(CCCCCCCCCC)C1(C)CCCCCCCC. The van der Waals surface area contributed by atoms with E-state index in [4.69, 9.17) is 10.2 Å². The molecule has 6 heteroatoms. The van der Waals surface area contributed by atoms with Gasteiger partial charge >= 0.3 is 0 Å². The van der Waals surface area contributed by atoms with Crippen LogP contribution >= 0.6 is 0 Å². The van der Waals surface area contributed by atoms with E-state index in [1.165, 1.54) is 175 Å². The van der Waals surface area contributed by atoms with Gasteiger partial charge in [-0.15, -0.1) is 15.3 Å². The minimum Gasteiger partial charge on any atom is -0.348 e. The van der Waals surface area contributed by atoms with Crippen molar-refractivity contribution in [3.63, 3.8) is 0 Å². The van der Waals surface area contributed by atoms with Gasteiger partial charge in [-0.3, -0.25) is 0 Å². The fourth-order valence-electron chi connectivity index (χ4n) is 9.87. The lowest BCUT2D eigenvalue weighted by Gasteiger charge is -2.55. The van der Waals surface area contributed by atoms with Gasteiger partial charge in [0.2, 0.25) is 0 Å². The lowest BCUT2D eigenvalue weighted by atomic mass is 9.90. The molecule has 1 heterocycles. The Balaban J connectivity index is 1.32. The van der Waals surface area contributed by atoms with Crippen LogP contribution in [-0.4, -0.2) is 18.8 Å². The Labute approximate surface area is 382 Å². The summed E-state index contributed by atoms with van der Waals surface area (Å²) in [5.41, 5.74) is 7.28. The number of hydrogen-bond donors (Lipinski definition) is 0. The first-order valence-corrected chi connectivity index (χ1v) is 25.5. The summed E-state index contributed by atoms with van der Waals surface area (Å²) in [7, 11) is 0. The summed E-state index contributed by atoms with van der Waals surface area (Å²) in [5.74, 6) is 0. The van der Waals surface area contributed by atoms with Crippen molar-refractivity contribution in [3.8, 4) is 0 Å². The molecule has 6 rings (SSSR count). The molecule has 338 valence electrons. The topological polar surface area (TPSA) is 55.9 Å². The number of rotatable bonds is 29. The minimum atomic E-state index is -0.0885. The fourth-order valence-corrected chi connectivity index (χ4v) is 9.87. The molecule has 1 aliphatic rings. The van der Waals surface area contributed by atoms with Crippen molar-refractivity contribution >= 4 is 55.7 Å². The molecule has 0 radical (unpaired) electrons. The first kappa shape index (κ1) is 47.9. The average Bonchev–Trinajstić information content (AvgIpc) is 3.30. The Morgan fingerprint density at radius 1 is 0.397 bits per heavy atom. The molecule has 5 aromatic rings. The van der Waals surface area contributed by atoms with Gasteiger partial charge in [-0.1, -0.05) is 197 Å². The average molecular weight is 849 g/mol. The number of nitrogens with zero attached hydrogens (tertiary/aromatic N) is 6. The highest BCUT2D eigenvalue weighted by Crippen LogP contribution is 2.50. The van der Waals surface area contributed by atoms with Crippen LogP contribution in [0, 0.1) is 6.92 Å². The summed E-state index contributed by atoms with van der Waals surface area (Å²) < 4.78 is 0. The van der Waals surface area contributed by atoms with E-state index in [9.17, 15) is 0 Å². The van der Waals surface area contributed by atoms with Gasteiger partial charge in [0, 0.05) is 46.0 Å². The zero-order valence-electron chi connectivity index (χ0n) is 40.0. The Kier molecular flexibility index (Phi) is 19.5. The Hall–Kier alpha value is -4.58. The van der Waals surface area contributed by atoms with E-state index in [2.05, 4.69) is 121 Å². The van der Waals surface area contributed by atoms with Crippen LogP contribution in [0.2, 0.25) is 0 Å². The fraction of sp³-hybridized carbons (Fsp3) is 0.544. The molecule has 0 fully saturated rings. The minimum absolute atomic E-state index is 0.0885. The highest BCUT2D eigenvalue weighted by atomic mass is 15.4. The smallest absolute Gasteiger partial charge is 0.110 e. The van der Waals surface area contributed by atoms with Gasteiger partial charge in [0.15, 0.2) is 0 Å². The third-order valence-electron chi connectivity index (χ3n) is 13.6. The van der Waals surface area contributed by atoms with Gasteiger partial charge in [-0.2, -0.15) is 5.11 Å². The first-order valence-electron chi connectivity index (χ1n) is 25.5. The molecule has 0 amide bonds. The standard InChI is InChI=1S/C57H80N6/c1-6-9-12-15-18-20-23-28-44-62-54-34-30-33-50-53(61-60-52-40-39-51(48-31-25-26-32-49(48)52)59-58-47-37-35-46(4)36-38-47)41-42-55(56(50)54)63(45-29-24-21-19-16-13-10-7-2)57(62,5)43-27-22-17-14-11-8-3/h25-26,30-42H,6-24,27-29,43-45H2,1-5H3. The lowest BCUT2D eigenvalue weighted by Crippen LogP contribution is -2.62. The summed E-state index contributed by atoms with van der Waals surface area (Å²) >= 11 is 0. The van der Waals surface area contributed by atoms with Gasteiger partial charge < -0.3 is 9.80 Å². The van der Waals surface area contributed by atoms with Crippen molar-refractivity contribution in [1.29, 1.82) is 0 Å². The molecule has 0 aliphatic carbocycles. The van der Waals surface area contributed by atoms with Crippen molar-refractivity contribution in [3.05, 3.63) is 96.6 Å². The number of unbranched alkanes of at least 4 members (excludes halogenated alkanes) is 19. The molecule has 1 atom stereocenters. The normalized spacial score (nSPS) is 15.3. The summed E-state index contributed by atoms with van der Waals surface area (Å²) in [6, 6.07) is 32.1. The maximum absolute atomic E-state index is 5.07. The zero-order valence-corrected chi connectivity index (χ0v) is 40.0. The van der Waals surface area contributed by atoms with E-state index in [1.807, 2.05) is 24.3 Å². The third-order valence-corrected chi connectivity index (χ3v) is 13.6. The van der Waals surface area contributed by atoms with Gasteiger partial charge in [-0.05, 0) is 82.0 Å². The quantitative estimate of drug-likeness (QED) is 0.0355. The highest BCUT2D eigenvalue weighted by molar-refractivity contribution is 6.10. The molecular formula is C57H80N6. The van der Waals surface area contributed by atoms with E-state index in [-0.39, 0.29) is 5.66 Å². The molecule has 0 bridgehead atoms. The Morgan fingerprint density at radius 2 is 0.810 bits per heavy atom. The number of azo groups is 2.